The molecule has 0 fully saturated rings. The van der Waals surface area contributed by atoms with Gasteiger partial charge in [0.25, 0.3) is 0 Å². The molecule has 0 aromatic carbocycles. The number of amides is 1. The number of thioether (sulfide) groups is 1. The molecule has 1 amide bonds. The smallest absolute Gasteiger partial charge is 0.220 e. The van der Waals surface area contributed by atoms with Gasteiger partial charge in [-0.15, -0.1) is 0 Å². The molecule has 17 heavy (non-hydrogen) atoms. The summed E-state index contributed by atoms with van der Waals surface area (Å²) in [6.07, 6.45) is 6.70. The van der Waals surface area contributed by atoms with Crippen molar-refractivity contribution >= 4 is 17.7 Å². The Hall–Kier alpha value is -0.220. The lowest BCUT2D eigenvalue weighted by Crippen LogP contribution is -2.39. The normalized spacial score (nSPS) is 13.5. The summed E-state index contributed by atoms with van der Waals surface area (Å²) in [5.74, 6) is 0.158. The van der Waals surface area contributed by atoms with Gasteiger partial charge < -0.3 is 11.1 Å². The Morgan fingerprint density at radius 3 is 2.41 bits per heavy atom. The SMILES string of the molecule is CCC(CC)(CNC(=O)CCCC(C)N)SC. The molecule has 0 spiro atoms. The Labute approximate surface area is 110 Å². The van der Waals surface area contributed by atoms with E-state index in [-0.39, 0.29) is 16.7 Å². The van der Waals surface area contributed by atoms with E-state index in [0.29, 0.717) is 6.42 Å². The second kappa shape index (κ2) is 8.81. The molecule has 0 radical (unpaired) electrons. The zero-order valence-electron chi connectivity index (χ0n) is 11.7. The summed E-state index contributed by atoms with van der Waals surface area (Å²) in [7, 11) is 0. The summed E-state index contributed by atoms with van der Waals surface area (Å²) >= 11 is 1.85. The molecule has 0 saturated heterocycles. The molecule has 4 heteroatoms. The van der Waals surface area contributed by atoms with Crippen molar-refractivity contribution in [3.8, 4) is 0 Å². The van der Waals surface area contributed by atoms with E-state index in [9.17, 15) is 4.79 Å². The van der Waals surface area contributed by atoms with Gasteiger partial charge in [-0.25, -0.2) is 0 Å². The molecule has 0 aliphatic carbocycles. The Balaban J connectivity index is 3.89. The molecule has 1 atom stereocenters. The Morgan fingerprint density at radius 1 is 1.41 bits per heavy atom. The van der Waals surface area contributed by atoms with E-state index in [1.807, 2.05) is 18.7 Å². The van der Waals surface area contributed by atoms with Crippen LogP contribution in [0.2, 0.25) is 0 Å². The number of nitrogens with one attached hydrogen (secondary N) is 1. The van der Waals surface area contributed by atoms with Gasteiger partial charge >= 0.3 is 0 Å². The number of carbonyl (C=O) groups is 1. The first kappa shape index (κ1) is 16.8. The average Bonchev–Trinajstić information content (AvgIpc) is 2.31. The highest BCUT2D eigenvalue weighted by atomic mass is 32.2. The van der Waals surface area contributed by atoms with Crippen LogP contribution in [0.4, 0.5) is 0 Å². The van der Waals surface area contributed by atoms with Gasteiger partial charge in [-0.2, -0.15) is 11.8 Å². The van der Waals surface area contributed by atoms with E-state index < -0.39 is 0 Å². The van der Waals surface area contributed by atoms with Crippen LogP contribution in [0.1, 0.15) is 52.9 Å². The summed E-state index contributed by atoms with van der Waals surface area (Å²) in [6, 6.07) is 0.194. The van der Waals surface area contributed by atoms with Crippen LogP contribution < -0.4 is 11.1 Å². The number of hydrogen-bond acceptors (Lipinski definition) is 3. The van der Waals surface area contributed by atoms with Crippen LogP contribution in [-0.2, 0) is 4.79 Å². The monoisotopic (exact) mass is 260 g/mol. The highest BCUT2D eigenvalue weighted by molar-refractivity contribution is 8.00. The Kier molecular flexibility index (Phi) is 8.70. The topological polar surface area (TPSA) is 55.1 Å². The van der Waals surface area contributed by atoms with Crippen molar-refractivity contribution in [3.05, 3.63) is 0 Å². The molecule has 3 N–H and O–H groups in total. The molecular weight excluding hydrogens is 232 g/mol. The summed E-state index contributed by atoms with van der Waals surface area (Å²) in [5, 5.41) is 3.05. The maximum Gasteiger partial charge on any atom is 0.220 e. The van der Waals surface area contributed by atoms with E-state index in [2.05, 4.69) is 25.4 Å². The fourth-order valence-electron chi connectivity index (χ4n) is 1.79. The second-order valence-corrected chi connectivity index (χ2v) is 6.01. The van der Waals surface area contributed by atoms with E-state index >= 15 is 0 Å². The summed E-state index contributed by atoms with van der Waals surface area (Å²) in [6.45, 7) is 7.12. The third kappa shape index (κ3) is 6.94. The van der Waals surface area contributed by atoms with Gasteiger partial charge in [0.1, 0.15) is 0 Å². The van der Waals surface area contributed by atoms with Crippen LogP contribution >= 0.6 is 11.8 Å². The Morgan fingerprint density at radius 2 is 2.00 bits per heavy atom. The summed E-state index contributed by atoms with van der Waals surface area (Å²) < 4.78 is 0.205. The molecule has 0 heterocycles. The first-order valence-electron chi connectivity index (χ1n) is 6.57. The number of hydrogen-bond donors (Lipinski definition) is 2. The fraction of sp³-hybridized carbons (Fsp3) is 0.923. The highest BCUT2D eigenvalue weighted by Gasteiger charge is 2.25. The van der Waals surface area contributed by atoms with Gasteiger partial charge in [0.05, 0.1) is 0 Å². The number of rotatable bonds is 9. The lowest BCUT2D eigenvalue weighted by atomic mass is 10.0. The predicted octanol–water partition coefficient (Wildman–Crippen LogP) is 2.54. The lowest BCUT2D eigenvalue weighted by Gasteiger charge is -2.29. The van der Waals surface area contributed by atoms with Crippen molar-refractivity contribution in [1.29, 1.82) is 0 Å². The minimum Gasteiger partial charge on any atom is -0.355 e. The molecule has 102 valence electrons. The van der Waals surface area contributed by atoms with E-state index in [1.54, 1.807) is 0 Å². The molecule has 0 aromatic rings. The van der Waals surface area contributed by atoms with Crippen LogP contribution in [0, 0.1) is 0 Å². The number of nitrogens with two attached hydrogens (primary N) is 1. The fourth-order valence-corrected chi connectivity index (χ4v) is 2.59. The van der Waals surface area contributed by atoms with E-state index in [1.165, 1.54) is 0 Å². The van der Waals surface area contributed by atoms with Gasteiger partial charge in [-0.05, 0) is 38.9 Å². The molecule has 3 nitrogen and oxygen atoms in total. The highest BCUT2D eigenvalue weighted by Crippen LogP contribution is 2.29. The first-order valence-corrected chi connectivity index (χ1v) is 7.79. The quantitative estimate of drug-likeness (QED) is 0.670. The van der Waals surface area contributed by atoms with Gasteiger partial charge in [-0.3, -0.25) is 4.79 Å². The lowest BCUT2D eigenvalue weighted by molar-refractivity contribution is -0.121. The van der Waals surface area contributed by atoms with Crippen LogP contribution in [0.25, 0.3) is 0 Å². The van der Waals surface area contributed by atoms with E-state index in [4.69, 9.17) is 5.73 Å². The predicted molar refractivity (Wildman–Crippen MR) is 77.3 cm³/mol. The standard InChI is InChI=1S/C13H28N2OS/c1-5-13(6-2,17-4)10-15-12(16)9-7-8-11(3)14/h11H,5-10,14H2,1-4H3,(H,15,16). The molecule has 0 saturated carbocycles. The minimum absolute atomic E-state index is 0.158. The first-order chi connectivity index (χ1) is 7.99. The average molecular weight is 260 g/mol. The largest absolute Gasteiger partial charge is 0.355 e. The van der Waals surface area contributed by atoms with Crippen LogP contribution in [0.3, 0.4) is 0 Å². The van der Waals surface area contributed by atoms with Crippen LogP contribution in [0.15, 0.2) is 0 Å². The summed E-state index contributed by atoms with van der Waals surface area (Å²) in [5.41, 5.74) is 5.65. The van der Waals surface area contributed by atoms with Crippen molar-refractivity contribution < 1.29 is 4.79 Å². The van der Waals surface area contributed by atoms with Gasteiger partial charge in [0.15, 0.2) is 0 Å². The minimum atomic E-state index is 0.158. The zero-order valence-corrected chi connectivity index (χ0v) is 12.5. The zero-order chi connectivity index (χ0) is 13.3. The maximum absolute atomic E-state index is 11.7. The van der Waals surface area contributed by atoms with Gasteiger partial charge in [-0.1, -0.05) is 13.8 Å². The second-order valence-electron chi connectivity index (χ2n) is 4.74. The van der Waals surface area contributed by atoms with Crippen LogP contribution in [-0.4, -0.2) is 29.5 Å². The van der Waals surface area contributed by atoms with Gasteiger partial charge in [0.2, 0.25) is 5.91 Å². The Bertz CT molecular complexity index is 207. The molecule has 0 bridgehead atoms. The molecule has 0 aliphatic heterocycles. The molecule has 1 unspecified atom stereocenters. The molecule has 0 rings (SSSR count). The van der Waals surface area contributed by atoms with Crippen molar-refractivity contribution in [2.24, 2.45) is 5.73 Å². The van der Waals surface area contributed by atoms with Crippen molar-refractivity contribution in [2.75, 3.05) is 12.8 Å². The third-order valence-electron chi connectivity index (χ3n) is 3.39. The van der Waals surface area contributed by atoms with Gasteiger partial charge in [0, 0.05) is 23.8 Å². The third-order valence-corrected chi connectivity index (χ3v) is 4.98. The van der Waals surface area contributed by atoms with Crippen LogP contribution in [0.5, 0.6) is 0 Å². The summed E-state index contributed by atoms with van der Waals surface area (Å²) in [4.78, 5) is 11.7. The molecule has 0 aliphatic rings. The van der Waals surface area contributed by atoms with Crippen molar-refractivity contribution in [2.45, 2.75) is 63.7 Å². The van der Waals surface area contributed by atoms with Crippen molar-refractivity contribution in [3.63, 3.8) is 0 Å². The maximum atomic E-state index is 11.7. The number of carbonyl (C=O) groups excluding carboxylic acids is 1. The van der Waals surface area contributed by atoms with Crippen molar-refractivity contribution in [1.82, 2.24) is 5.32 Å². The molecular formula is C13H28N2OS. The van der Waals surface area contributed by atoms with E-state index in [0.717, 1.165) is 32.2 Å². The molecule has 0 aromatic heterocycles.